The van der Waals surface area contributed by atoms with Crippen LogP contribution in [-0.2, 0) is 32.1 Å². The number of fused-ring (bicyclic) bond motifs is 27. The standard InChI is InChI=1S/C22H18NO3.C22H20NO3.C21H18NO4.C21H16NO3.C21H18NO3/c1-2-18-17-11-22-21(25-12-26-22)9-15(17)8-19-16-10-20-14(4-6-24-20)7-13(16)3-5-23(18)19;1-13-17-11-22(25-3)21(24-2)10-16(17)9-19-18-12-20-15(5-7-26-20)8-14(18)4-6-23(13)19;1-12-15-9-21-20(25-11-26-21)8-14(15)6-17-16-10-19(24-3)18(23-2)7-13(16)4-5-22(12)17;1-12-16-9-21-20(24-11-25-21)8-15(16)7-18-17-10-19-14(3-5-23-19)6-13(17)2-4-22(12)18;1-23-19-4-3-13-10-18-16-11-20-15(6-8-25-20)9-14(16)5-7-22(18)12-17(13)21(19)24-2/h3,5,7-11H,2,4,6,12H2,1H3;4,6,8-12H,5,7H2,1-3H3;4-10H,11H2,1-3H3;2,4,6-10H,3,5,11H2,1H3;3-5,7,9-12H,6,8H2,1-2H3/q5*+1. The van der Waals surface area contributed by atoms with Crippen molar-refractivity contribution in [2.45, 2.75) is 59.8 Å². The van der Waals surface area contributed by atoms with E-state index in [0.717, 1.165) is 221 Å². The number of aryl methyl sites for hydroxylation is 4. The Morgan fingerprint density at radius 3 is 0.969 bits per heavy atom. The van der Waals surface area contributed by atoms with Crippen LogP contribution in [0.4, 0.5) is 0 Å². The molecular weight excluding hydrogens is 1610 g/mol. The van der Waals surface area contributed by atoms with Gasteiger partial charge in [0.25, 0.3) is 0 Å². The maximum absolute atomic E-state index is 5.81. The molecule has 21 nitrogen and oxygen atoms in total. The highest BCUT2D eigenvalue weighted by atomic mass is 16.7. The smallest absolute Gasteiger partial charge is 0.231 e. The van der Waals surface area contributed by atoms with Gasteiger partial charge in [0.1, 0.15) is 23.0 Å². The first-order chi connectivity index (χ1) is 62.7. The van der Waals surface area contributed by atoms with E-state index in [1.54, 1.807) is 42.7 Å². The van der Waals surface area contributed by atoms with E-state index in [0.29, 0.717) is 13.6 Å². The van der Waals surface area contributed by atoms with Gasteiger partial charge in [0, 0.05) is 114 Å². The van der Waals surface area contributed by atoms with E-state index < -0.39 is 0 Å². The SMILES string of the molecule is CCc1c2cc3c(cc2cc2c4cc5c(cc4cc[n+]12)CCO5)OCO3.COc1cc2cc3c4cc5c(cc4cc[n+]3c(C)c2cc1OC)CCO5.COc1cc2cc[n+]3c(C)c4cc5c(cc4cc3c2cc1OC)OCO5.COc1ccc2cc3c4cc5c(cc4cc[n+]3cc2c1OC)CCO5.Cc1c2cc3c(cc2cc2c4cc5c(cc4cc[n+]12)CCO5)OCO3. The third-order valence-electron chi connectivity index (χ3n) is 26.5. The summed E-state index contributed by atoms with van der Waals surface area (Å²) >= 11 is 0. The second-order valence-electron chi connectivity index (χ2n) is 33.2. The van der Waals surface area contributed by atoms with Gasteiger partial charge in [0.05, 0.1) is 123 Å². The Morgan fingerprint density at radius 1 is 0.250 bits per heavy atom. The first-order valence-electron chi connectivity index (χ1n) is 43.2. The van der Waals surface area contributed by atoms with Crippen LogP contribution in [0.1, 0.15) is 52.0 Å². The zero-order chi connectivity index (χ0) is 86.4. The molecule has 17 heterocycles. The number of nitrogens with zero attached hydrogens (tertiary/aromatic N) is 5. The van der Waals surface area contributed by atoms with Gasteiger partial charge in [-0.1, -0.05) is 6.92 Å². The minimum atomic E-state index is 0.275. The van der Waals surface area contributed by atoms with Crippen LogP contribution in [0, 0.1) is 20.8 Å². The Bertz CT molecular complexity index is 8200. The Hall–Kier alpha value is -15.3. The van der Waals surface area contributed by atoms with Crippen LogP contribution in [-0.4, -0.2) is 89.5 Å². The Balaban J connectivity index is 0.0000000916. The van der Waals surface area contributed by atoms with Crippen molar-refractivity contribution < 1.29 is 97.8 Å². The van der Waals surface area contributed by atoms with Gasteiger partial charge in [-0.25, -0.2) is 0 Å². The highest BCUT2D eigenvalue weighted by molar-refractivity contribution is 6.06. The van der Waals surface area contributed by atoms with Crippen LogP contribution in [0.2, 0.25) is 0 Å². The molecule has 0 radical (unpaired) electrons. The monoisotopic (exact) mass is 1700 g/mol. The van der Waals surface area contributed by atoms with Crippen LogP contribution < -0.4 is 97.8 Å². The summed E-state index contributed by atoms with van der Waals surface area (Å²) in [6, 6.07) is 64.3. The number of methoxy groups -OCH3 is 6. The summed E-state index contributed by atoms with van der Waals surface area (Å²) in [5, 5.41) is 23.5. The van der Waals surface area contributed by atoms with E-state index in [1.165, 1.54) is 110 Å². The third-order valence-corrected chi connectivity index (χ3v) is 26.5. The number of pyridine rings is 10. The zero-order valence-corrected chi connectivity index (χ0v) is 72.5. The summed E-state index contributed by atoms with van der Waals surface area (Å²) in [5.41, 5.74) is 15.8. The quantitative estimate of drug-likeness (QED) is 0.0838. The summed E-state index contributed by atoms with van der Waals surface area (Å²) in [6.07, 6.45) is 17.7. The molecule has 0 N–H and O–H groups in total. The van der Waals surface area contributed by atoms with Crippen molar-refractivity contribution in [1.29, 1.82) is 0 Å². The average Bonchev–Trinajstić information content (AvgIpc) is 1.22. The molecule has 0 aliphatic carbocycles. The van der Waals surface area contributed by atoms with Crippen molar-refractivity contribution in [3.8, 4) is 92.0 Å². The molecular formula is C107H90N5O16+5. The number of hydrogen-bond donors (Lipinski definition) is 0. The molecule has 27 rings (SSSR count). The number of ether oxygens (including phenoxy) is 16. The predicted molar refractivity (Wildman–Crippen MR) is 491 cm³/mol. The molecule has 0 saturated heterocycles. The second kappa shape index (κ2) is 30.9. The topological polar surface area (TPSA) is 168 Å². The predicted octanol–water partition coefficient (Wildman–Crippen LogP) is 19.1. The molecule has 0 spiro atoms. The van der Waals surface area contributed by atoms with Crippen molar-refractivity contribution in [2.24, 2.45) is 0 Å². The fourth-order valence-electron chi connectivity index (χ4n) is 19.9. The van der Waals surface area contributed by atoms with Gasteiger partial charge in [-0.05, 0) is 197 Å². The van der Waals surface area contributed by atoms with E-state index in [4.69, 9.17) is 75.8 Å². The summed E-state index contributed by atoms with van der Waals surface area (Å²) in [5.74, 6) is 13.4. The van der Waals surface area contributed by atoms with E-state index in [1.807, 2.05) is 36.4 Å². The first-order valence-corrected chi connectivity index (χ1v) is 43.2. The number of aromatic nitrogens is 5. The van der Waals surface area contributed by atoms with E-state index in [2.05, 4.69) is 232 Å². The molecule has 7 aliphatic rings. The van der Waals surface area contributed by atoms with Gasteiger partial charge in [-0.3, -0.25) is 0 Å². The van der Waals surface area contributed by atoms with Gasteiger partial charge in [-0.15, -0.1) is 0 Å². The van der Waals surface area contributed by atoms with Crippen LogP contribution >= 0.6 is 0 Å². The first kappa shape index (κ1) is 77.5. The van der Waals surface area contributed by atoms with E-state index >= 15 is 0 Å². The van der Waals surface area contributed by atoms with Crippen molar-refractivity contribution in [3.05, 3.63) is 264 Å². The Morgan fingerprint density at radius 2 is 0.555 bits per heavy atom. The van der Waals surface area contributed by atoms with Crippen LogP contribution in [0.3, 0.4) is 0 Å². The number of hydrogen-bond acceptors (Lipinski definition) is 16. The van der Waals surface area contributed by atoms with Gasteiger partial charge in [-0.2, -0.15) is 22.0 Å². The highest BCUT2D eigenvalue weighted by Crippen LogP contribution is 2.46. The summed E-state index contributed by atoms with van der Waals surface area (Å²) in [6.45, 7) is 12.6. The van der Waals surface area contributed by atoms with E-state index in [9.17, 15) is 0 Å². The Kier molecular flexibility index (Phi) is 18.7. The summed E-state index contributed by atoms with van der Waals surface area (Å²) < 4.78 is 101. The van der Waals surface area contributed by atoms with Crippen LogP contribution in [0.5, 0.6) is 92.0 Å². The molecule has 0 unspecified atom stereocenters. The molecule has 128 heavy (non-hydrogen) atoms. The van der Waals surface area contributed by atoms with Crippen molar-refractivity contribution in [1.82, 2.24) is 0 Å². The third kappa shape index (κ3) is 12.8. The van der Waals surface area contributed by atoms with Crippen LogP contribution in [0.25, 0.3) is 135 Å². The van der Waals surface area contributed by atoms with Crippen LogP contribution in [0.15, 0.2) is 219 Å². The van der Waals surface area contributed by atoms with Crippen molar-refractivity contribution >= 4 is 135 Å². The number of rotatable bonds is 7. The molecule has 10 aromatic carbocycles. The highest BCUT2D eigenvalue weighted by Gasteiger charge is 2.30. The summed E-state index contributed by atoms with van der Waals surface area (Å²) in [4.78, 5) is 0. The molecule has 7 aliphatic heterocycles. The lowest BCUT2D eigenvalue weighted by atomic mass is 10.0. The largest absolute Gasteiger partial charge is 0.493 e. The number of benzene rings is 10. The fraction of sp³-hybridized carbons (Fsp3) is 0.206. The Labute approximate surface area is 734 Å². The van der Waals surface area contributed by atoms with Crippen molar-refractivity contribution in [2.75, 3.05) is 89.5 Å². The molecule has 0 saturated carbocycles. The molecule has 0 amide bonds. The van der Waals surface area contributed by atoms with Gasteiger partial charge in [0.2, 0.25) is 48.0 Å². The van der Waals surface area contributed by atoms with Gasteiger partial charge in [0.15, 0.2) is 129 Å². The normalized spacial score (nSPS) is 13.9. The molecule has 0 bridgehead atoms. The average molecular weight is 1700 g/mol. The minimum Gasteiger partial charge on any atom is -0.493 e. The minimum absolute atomic E-state index is 0.275. The molecule has 21 heteroatoms. The molecule has 10 aromatic heterocycles. The molecule has 0 atom stereocenters. The lowest BCUT2D eigenvalue weighted by Gasteiger charge is -2.10. The van der Waals surface area contributed by atoms with Gasteiger partial charge >= 0.3 is 0 Å². The summed E-state index contributed by atoms with van der Waals surface area (Å²) in [7, 11) is 9.98. The maximum Gasteiger partial charge on any atom is 0.231 e. The second-order valence-corrected chi connectivity index (χ2v) is 33.2. The lowest BCUT2D eigenvalue weighted by Crippen LogP contribution is -2.27. The maximum atomic E-state index is 5.81. The molecule has 0 fully saturated rings. The molecule has 634 valence electrons. The van der Waals surface area contributed by atoms with Crippen molar-refractivity contribution in [3.63, 3.8) is 0 Å². The molecule has 20 aromatic rings. The van der Waals surface area contributed by atoms with E-state index in [-0.39, 0.29) is 6.79 Å². The fourth-order valence-corrected chi connectivity index (χ4v) is 19.9. The zero-order valence-electron chi connectivity index (χ0n) is 72.5. The van der Waals surface area contributed by atoms with Gasteiger partial charge < -0.3 is 75.8 Å². The lowest BCUT2D eigenvalue weighted by molar-refractivity contribution is -0.518.